The lowest BCUT2D eigenvalue weighted by Gasteiger charge is -2.18. The van der Waals surface area contributed by atoms with Gasteiger partial charge in [-0.2, -0.15) is 0 Å². The van der Waals surface area contributed by atoms with Crippen molar-refractivity contribution in [3.05, 3.63) is 35.1 Å². The average molecular weight is 182 g/mol. The topological polar surface area (TPSA) is 20.2 Å². The molecule has 0 heterocycles. The van der Waals surface area contributed by atoms with E-state index in [1.807, 2.05) is 6.92 Å². The van der Waals surface area contributed by atoms with Gasteiger partial charge in [-0.05, 0) is 44.0 Å². The molecule has 1 nitrogen and oxygen atoms in total. The van der Waals surface area contributed by atoms with Crippen LogP contribution in [-0.4, -0.2) is 10.7 Å². The van der Waals surface area contributed by atoms with Crippen molar-refractivity contribution in [2.45, 2.75) is 32.8 Å². The van der Waals surface area contributed by atoms with Crippen LogP contribution in [0.3, 0.4) is 0 Å². The highest BCUT2D eigenvalue weighted by Gasteiger charge is 2.14. The molecular weight excluding hydrogens is 167 g/mol. The fourth-order valence-corrected chi connectivity index (χ4v) is 1.32. The van der Waals surface area contributed by atoms with E-state index < -0.39 is 5.60 Å². The summed E-state index contributed by atoms with van der Waals surface area (Å²) >= 11 is 0. The monoisotopic (exact) mass is 182 g/mol. The van der Waals surface area contributed by atoms with Crippen LogP contribution in [0.25, 0.3) is 0 Å². The van der Waals surface area contributed by atoms with Crippen LogP contribution in [0.1, 0.15) is 25.0 Å². The van der Waals surface area contributed by atoms with Gasteiger partial charge in [-0.1, -0.05) is 6.07 Å². The van der Waals surface area contributed by atoms with Gasteiger partial charge in [-0.25, -0.2) is 4.39 Å². The van der Waals surface area contributed by atoms with Crippen LogP contribution < -0.4 is 0 Å². The molecule has 72 valence electrons. The Morgan fingerprint density at radius 1 is 1.38 bits per heavy atom. The molecule has 0 fully saturated rings. The van der Waals surface area contributed by atoms with Crippen LogP contribution >= 0.6 is 0 Å². The van der Waals surface area contributed by atoms with Crippen molar-refractivity contribution in [2.24, 2.45) is 0 Å². The number of rotatable bonds is 2. The van der Waals surface area contributed by atoms with E-state index in [-0.39, 0.29) is 5.82 Å². The Hall–Kier alpha value is -0.890. The molecule has 0 radical (unpaired) electrons. The van der Waals surface area contributed by atoms with Gasteiger partial charge in [0.25, 0.3) is 0 Å². The zero-order chi connectivity index (χ0) is 10.1. The van der Waals surface area contributed by atoms with E-state index in [9.17, 15) is 9.50 Å². The first-order chi connectivity index (χ1) is 5.88. The summed E-state index contributed by atoms with van der Waals surface area (Å²) in [5.74, 6) is -0.225. The largest absolute Gasteiger partial charge is 0.390 e. The van der Waals surface area contributed by atoms with Gasteiger partial charge in [0, 0.05) is 6.42 Å². The van der Waals surface area contributed by atoms with E-state index >= 15 is 0 Å². The van der Waals surface area contributed by atoms with Gasteiger partial charge in [0.1, 0.15) is 5.82 Å². The Balaban J connectivity index is 2.90. The third kappa shape index (κ3) is 3.15. The summed E-state index contributed by atoms with van der Waals surface area (Å²) in [7, 11) is 0. The zero-order valence-electron chi connectivity index (χ0n) is 8.26. The van der Waals surface area contributed by atoms with Gasteiger partial charge < -0.3 is 5.11 Å². The van der Waals surface area contributed by atoms with Gasteiger partial charge in [0.05, 0.1) is 5.60 Å². The molecule has 0 aliphatic carbocycles. The number of aryl methyl sites for hydroxylation is 1. The fraction of sp³-hybridized carbons (Fsp3) is 0.455. The maximum Gasteiger partial charge on any atom is 0.123 e. The average Bonchev–Trinajstić information content (AvgIpc) is 1.93. The molecule has 0 spiro atoms. The second-order valence-corrected chi connectivity index (χ2v) is 4.06. The highest BCUT2D eigenvalue weighted by molar-refractivity contribution is 5.27. The molecule has 0 aromatic heterocycles. The minimum absolute atomic E-state index is 0.225. The molecule has 0 atom stereocenters. The SMILES string of the molecule is Cc1cc(F)ccc1CC(C)(C)O. The molecule has 1 aromatic carbocycles. The van der Waals surface area contributed by atoms with Crippen molar-refractivity contribution in [1.29, 1.82) is 0 Å². The Morgan fingerprint density at radius 3 is 2.46 bits per heavy atom. The van der Waals surface area contributed by atoms with Crippen molar-refractivity contribution < 1.29 is 9.50 Å². The van der Waals surface area contributed by atoms with Gasteiger partial charge in [0.15, 0.2) is 0 Å². The second-order valence-electron chi connectivity index (χ2n) is 4.06. The molecule has 0 aliphatic rings. The molecule has 0 aliphatic heterocycles. The van der Waals surface area contributed by atoms with E-state index in [0.29, 0.717) is 6.42 Å². The molecular formula is C11H15FO. The van der Waals surface area contributed by atoms with Gasteiger partial charge in [0.2, 0.25) is 0 Å². The molecule has 1 rings (SSSR count). The summed E-state index contributed by atoms with van der Waals surface area (Å²) in [6.45, 7) is 5.34. The maximum absolute atomic E-state index is 12.7. The lowest BCUT2D eigenvalue weighted by atomic mass is 9.95. The molecule has 0 amide bonds. The first-order valence-electron chi connectivity index (χ1n) is 4.36. The van der Waals surface area contributed by atoms with Gasteiger partial charge in [-0.15, -0.1) is 0 Å². The quantitative estimate of drug-likeness (QED) is 0.744. The standard InChI is InChI=1S/C11H15FO/c1-8-6-10(12)5-4-9(8)7-11(2,3)13/h4-6,13H,7H2,1-3H3. The molecule has 1 N–H and O–H groups in total. The minimum Gasteiger partial charge on any atom is -0.390 e. The highest BCUT2D eigenvalue weighted by atomic mass is 19.1. The Labute approximate surface area is 78.2 Å². The fourth-order valence-electron chi connectivity index (χ4n) is 1.32. The third-order valence-electron chi connectivity index (χ3n) is 1.93. The van der Waals surface area contributed by atoms with Gasteiger partial charge >= 0.3 is 0 Å². The van der Waals surface area contributed by atoms with Gasteiger partial charge in [-0.3, -0.25) is 0 Å². The van der Waals surface area contributed by atoms with Crippen molar-refractivity contribution in [3.63, 3.8) is 0 Å². The van der Waals surface area contributed by atoms with E-state index in [4.69, 9.17) is 0 Å². The minimum atomic E-state index is -0.734. The maximum atomic E-state index is 12.7. The van der Waals surface area contributed by atoms with Crippen molar-refractivity contribution in [1.82, 2.24) is 0 Å². The van der Waals surface area contributed by atoms with Crippen molar-refractivity contribution in [2.75, 3.05) is 0 Å². The predicted octanol–water partition coefficient (Wildman–Crippen LogP) is 2.45. The van der Waals surface area contributed by atoms with E-state index in [1.54, 1.807) is 19.9 Å². The summed E-state index contributed by atoms with van der Waals surface area (Å²) in [4.78, 5) is 0. The lowest BCUT2D eigenvalue weighted by molar-refractivity contribution is 0.0808. The van der Waals surface area contributed by atoms with Crippen molar-refractivity contribution in [3.8, 4) is 0 Å². The Morgan fingerprint density at radius 2 is 2.00 bits per heavy atom. The van der Waals surface area contributed by atoms with Crippen LogP contribution in [0.2, 0.25) is 0 Å². The molecule has 2 heteroatoms. The smallest absolute Gasteiger partial charge is 0.123 e. The molecule has 0 unspecified atom stereocenters. The number of aliphatic hydroxyl groups is 1. The predicted molar refractivity (Wildman–Crippen MR) is 51.1 cm³/mol. The molecule has 13 heavy (non-hydrogen) atoms. The zero-order valence-corrected chi connectivity index (χ0v) is 8.26. The van der Waals surface area contributed by atoms with Crippen LogP contribution in [0, 0.1) is 12.7 Å². The van der Waals surface area contributed by atoms with Crippen LogP contribution in [0.4, 0.5) is 4.39 Å². The van der Waals surface area contributed by atoms with Crippen LogP contribution in [-0.2, 0) is 6.42 Å². The molecule has 0 saturated heterocycles. The molecule has 0 bridgehead atoms. The summed E-state index contributed by atoms with van der Waals surface area (Å²) in [5, 5.41) is 9.57. The lowest BCUT2D eigenvalue weighted by Crippen LogP contribution is -2.22. The summed E-state index contributed by atoms with van der Waals surface area (Å²) in [6.07, 6.45) is 0.555. The number of halogens is 1. The van der Waals surface area contributed by atoms with E-state index in [1.165, 1.54) is 12.1 Å². The highest BCUT2D eigenvalue weighted by Crippen LogP contribution is 2.16. The van der Waals surface area contributed by atoms with E-state index in [0.717, 1.165) is 11.1 Å². The number of hydrogen-bond acceptors (Lipinski definition) is 1. The summed E-state index contributed by atoms with van der Waals surface area (Å²) < 4.78 is 12.7. The number of benzene rings is 1. The first kappa shape index (κ1) is 10.2. The Kier molecular flexibility index (Phi) is 2.71. The number of hydrogen-bond donors (Lipinski definition) is 1. The molecule has 0 saturated carbocycles. The first-order valence-corrected chi connectivity index (χ1v) is 4.36. The third-order valence-corrected chi connectivity index (χ3v) is 1.93. The summed E-state index contributed by atoms with van der Waals surface area (Å²) in [6, 6.07) is 4.64. The van der Waals surface area contributed by atoms with E-state index in [2.05, 4.69) is 0 Å². The van der Waals surface area contributed by atoms with Crippen LogP contribution in [0.15, 0.2) is 18.2 Å². The molecule has 1 aromatic rings. The van der Waals surface area contributed by atoms with Crippen LogP contribution in [0.5, 0.6) is 0 Å². The van der Waals surface area contributed by atoms with Crippen molar-refractivity contribution >= 4 is 0 Å². The normalized spacial score (nSPS) is 11.8. The summed E-state index contributed by atoms with van der Waals surface area (Å²) in [5.41, 5.74) is 1.15. The second kappa shape index (κ2) is 3.46. The Bertz CT molecular complexity index is 299.